The van der Waals surface area contributed by atoms with Crippen LogP contribution in [-0.4, -0.2) is 16.6 Å². The summed E-state index contributed by atoms with van der Waals surface area (Å²) in [5.41, 5.74) is 3.22. The van der Waals surface area contributed by atoms with E-state index in [9.17, 15) is 5.26 Å². The van der Waals surface area contributed by atoms with E-state index in [1.807, 2.05) is 54.6 Å². The molecule has 0 aliphatic heterocycles. The largest absolute Gasteiger partial charge is 0.494 e. The second-order valence-corrected chi connectivity index (χ2v) is 6.37. The topological polar surface area (TPSA) is 61.7 Å². The van der Waals surface area contributed by atoms with Crippen molar-refractivity contribution in [3.8, 4) is 11.8 Å². The smallest absolute Gasteiger partial charge is 0.149 e. The highest BCUT2D eigenvalue weighted by atomic mass is 16.5. The van der Waals surface area contributed by atoms with Crippen molar-refractivity contribution in [1.29, 1.82) is 5.26 Å². The minimum atomic E-state index is 0.504. The van der Waals surface area contributed by atoms with E-state index in [0.29, 0.717) is 17.3 Å². The van der Waals surface area contributed by atoms with Gasteiger partial charge in [0.05, 0.1) is 23.2 Å². The number of fused-ring (bicyclic) bond motifs is 1. The Bertz CT molecular complexity index is 881. The van der Waals surface area contributed by atoms with Gasteiger partial charge < -0.3 is 9.72 Å². The van der Waals surface area contributed by atoms with Gasteiger partial charge in [0.1, 0.15) is 17.6 Å². The number of hydrogen-bond donors (Lipinski definition) is 1. The fraction of sp³-hybridized carbons (Fsp3) is 0.238. The van der Waals surface area contributed by atoms with Crippen LogP contribution in [-0.2, 0) is 0 Å². The summed E-state index contributed by atoms with van der Waals surface area (Å²) in [7, 11) is 0. The van der Waals surface area contributed by atoms with Crippen molar-refractivity contribution in [3.05, 3.63) is 59.9 Å². The molecular weight excluding hydrogens is 310 g/mol. The highest BCUT2D eigenvalue weighted by Gasteiger charge is 2.07. The van der Waals surface area contributed by atoms with E-state index in [1.165, 1.54) is 0 Å². The second-order valence-electron chi connectivity index (χ2n) is 6.37. The van der Waals surface area contributed by atoms with Gasteiger partial charge in [-0.15, -0.1) is 0 Å². The lowest BCUT2D eigenvalue weighted by Gasteiger charge is -2.08. The van der Waals surface area contributed by atoms with Crippen LogP contribution in [0.1, 0.15) is 31.7 Å². The fourth-order valence-electron chi connectivity index (χ4n) is 2.47. The number of ether oxygens (including phenoxy) is 1. The van der Waals surface area contributed by atoms with Crippen molar-refractivity contribution in [2.45, 2.75) is 20.3 Å². The van der Waals surface area contributed by atoms with Crippen LogP contribution < -0.4 is 4.74 Å². The summed E-state index contributed by atoms with van der Waals surface area (Å²) in [6.07, 6.45) is 2.86. The Morgan fingerprint density at radius 1 is 1.20 bits per heavy atom. The molecule has 0 spiro atoms. The molecule has 0 radical (unpaired) electrons. The van der Waals surface area contributed by atoms with Crippen LogP contribution in [0.4, 0.5) is 0 Å². The summed E-state index contributed by atoms with van der Waals surface area (Å²) in [4.78, 5) is 7.67. The summed E-state index contributed by atoms with van der Waals surface area (Å²) in [5, 5.41) is 9.49. The van der Waals surface area contributed by atoms with Gasteiger partial charge in [0.15, 0.2) is 0 Å². The van der Waals surface area contributed by atoms with Gasteiger partial charge in [-0.2, -0.15) is 5.26 Å². The molecule has 25 heavy (non-hydrogen) atoms. The number of para-hydroxylation sites is 2. The van der Waals surface area contributed by atoms with E-state index in [1.54, 1.807) is 0 Å². The average molecular weight is 331 g/mol. The van der Waals surface area contributed by atoms with Gasteiger partial charge in [0.2, 0.25) is 0 Å². The van der Waals surface area contributed by atoms with Crippen molar-refractivity contribution in [2.75, 3.05) is 6.61 Å². The van der Waals surface area contributed by atoms with Crippen LogP contribution >= 0.6 is 0 Å². The second kappa shape index (κ2) is 7.67. The van der Waals surface area contributed by atoms with Crippen LogP contribution in [0.25, 0.3) is 22.7 Å². The predicted octanol–water partition coefficient (Wildman–Crippen LogP) is 5.05. The first-order chi connectivity index (χ1) is 12.2. The number of hydrogen-bond acceptors (Lipinski definition) is 3. The van der Waals surface area contributed by atoms with Crippen molar-refractivity contribution < 1.29 is 4.74 Å². The van der Waals surface area contributed by atoms with Gasteiger partial charge in [-0.25, -0.2) is 4.98 Å². The Morgan fingerprint density at radius 3 is 2.64 bits per heavy atom. The Balaban J connectivity index is 1.77. The maximum atomic E-state index is 9.49. The SMILES string of the molecule is CC(C)CCOc1ccc(C=C(C#N)c2nc3ccccc3[nH]2)cc1. The number of rotatable bonds is 6. The van der Waals surface area contributed by atoms with E-state index in [2.05, 4.69) is 29.9 Å². The molecule has 0 unspecified atom stereocenters. The van der Waals surface area contributed by atoms with Crippen LogP contribution in [0.3, 0.4) is 0 Å². The first-order valence-corrected chi connectivity index (χ1v) is 8.45. The molecule has 0 saturated carbocycles. The van der Waals surface area contributed by atoms with Gasteiger partial charge in [0, 0.05) is 0 Å². The maximum absolute atomic E-state index is 9.49. The molecule has 0 fully saturated rings. The van der Waals surface area contributed by atoms with Crippen LogP contribution in [0.15, 0.2) is 48.5 Å². The van der Waals surface area contributed by atoms with Gasteiger partial charge in [-0.05, 0) is 48.2 Å². The van der Waals surface area contributed by atoms with Crippen molar-refractivity contribution in [2.24, 2.45) is 5.92 Å². The van der Waals surface area contributed by atoms with E-state index in [4.69, 9.17) is 4.74 Å². The Labute approximate surface area is 147 Å². The van der Waals surface area contributed by atoms with Gasteiger partial charge >= 0.3 is 0 Å². The Morgan fingerprint density at radius 2 is 1.96 bits per heavy atom. The molecule has 3 aromatic rings. The van der Waals surface area contributed by atoms with Crippen molar-refractivity contribution in [1.82, 2.24) is 9.97 Å². The number of nitrogens with zero attached hydrogens (tertiary/aromatic N) is 2. The molecule has 4 nitrogen and oxygen atoms in total. The van der Waals surface area contributed by atoms with E-state index < -0.39 is 0 Å². The normalized spacial score (nSPS) is 11.7. The molecule has 126 valence electrons. The zero-order chi connectivity index (χ0) is 17.6. The molecule has 0 aliphatic carbocycles. The van der Waals surface area contributed by atoms with Crippen LogP contribution in [0, 0.1) is 17.2 Å². The van der Waals surface area contributed by atoms with Crippen LogP contribution in [0.5, 0.6) is 5.75 Å². The molecule has 1 aromatic heterocycles. The molecule has 0 bridgehead atoms. The van der Waals surface area contributed by atoms with E-state index in [-0.39, 0.29) is 0 Å². The van der Waals surface area contributed by atoms with E-state index in [0.717, 1.165) is 35.4 Å². The van der Waals surface area contributed by atoms with Gasteiger partial charge in [0.25, 0.3) is 0 Å². The number of nitrogens with one attached hydrogen (secondary N) is 1. The molecule has 2 aromatic carbocycles. The molecule has 0 aliphatic rings. The average Bonchev–Trinajstić information content (AvgIpc) is 3.04. The molecule has 0 amide bonds. The summed E-state index contributed by atoms with van der Waals surface area (Å²) in [6.45, 7) is 5.08. The number of H-pyrrole nitrogens is 1. The third-order valence-corrected chi connectivity index (χ3v) is 3.92. The number of imidazole rings is 1. The van der Waals surface area contributed by atoms with Crippen molar-refractivity contribution in [3.63, 3.8) is 0 Å². The molecule has 1 N–H and O–H groups in total. The van der Waals surface area contributed by atoms with Gasteiger partial charge in [-0.1, -0.05) is 38.1 Å². The van der Waals surface area contributed by atoms with Gasteiger partial charge in [-0.3, -0.25) is 0 Å². The first kappa shape index (κ1) is 16.8. The fourth-order valence-corrected chi connectivity index (χ4v) is 2.47. The molecule has 1 heterocycles. The minimum Gasteiger partial charge on any atom is -0.494 e. The van der Waals surface area contributed by atoms with Crippen molar-refractivity contribution >= 4 is 22.7 Å². The summed E-state index contributed by atoms with van der Waals surface area (Å²) >= 11 is 0. The highest BCUT2D eigenvalue weighted by molar-refractivity contribution is 5.90. The lowest BCUT2D eigenvalue weighted by atomic mass is 10.1. The third kappa shape index (κ3) is 4.27. The summed E-state index contributed by atoms with van der Waals surface area (Å²) in [5.74, 6) is 2.06. The highest BCUT2D eigenvalue weighted by Crippen LogP contribution is 2.20. The molecule has 4 heteroatoms. The molecule has 3 rings (SSSR count). The number of benzene rings is 2. The predicted molar refractivity (Wildman–Crippen MR) is 101 cm³/mol. The monoisotopic (exact) mass is 331 g/mol. The third-order valence-electron chi connectivity index (χ3n) is 3.92. The number of aromatic amines is 1. The quantitative estimate of drug-likeness (QED) is 0.643. The van der Waals surface area contributed by atoms with E-state index >= 15 is 0 Å². The standard InChI is InChI=1S/C21H21N3O/c1-15(2)11-12-25-18-9-7-16(8-10-18)13-17(14-22)21-23-19-5-3-4-6-20(19)24-21/h3-10,13,15H,11-12H2,1-2H3,(H,23,24). The molecule has 0 atom stereocenters. The minimum absolute atomic E-state index is 0.504. The Hall–Kier alpha value is -3.06. The first-order valence-electron chi connectivity index (χ1n) is 8.45. The summed E-state index contributed by atoms with van der Waals surface area (Å²) in [6, 6.07) is 17.7. The summed E-state index contributed by atoms with van der Waals surface area (Å²) < 4.78 is 5.72. The zero-order valence-corrected chi connectivity index (χ0v) is 14.5. The number of allylic oxidation sites excluding steroid dienone is 1. The maximum Gasteiger partial charge on any atom is 0.149 e. The lowest BCUT2D eigenvalue weighted by molar-refractivity contribution is 0.289. The molecular formula is C21H21N3O. The number of nitriles is 1. The lowest BCUT2D eigenvalue weighted by Crippen LogP contribution is -2.01. The Kier molecular flexibility index (Phi) is 5.15. The van der Waals surface area contributed by atoms with Crippen LogP contribution in [0.2, 0.25) is 0 Å². The zero-order valence-electron chi connectivity index (χ0n) is 14.5. The molecule has 0 saturated heterocycles. The number of aromatic nitrogens is 2.